The number of benzene rings is 1. The molecule has 20 heavy (non-hydrogen) atoms. The van der Waals surface area contributed by atoms with Crippen LogP contribution in [0.1, 0.15) is 17.5 Å². The lowest BCUT2D eigenvalue weighted by Gasteiger charge is -2.23. The van der Waals surface area contributed by atoms with Gasteiger partial charge in [-0.3, -0.25) is 0 Å². The van der Waals surface area contributed by atoms with Crippen LogP contribution in [0.3, 0.4) is 0 Å². The van der Waals surface area contributed by atoms with Gasteiger partial charge in [-0.2, -0.15) is 13.2 Å². The Labute approximate surface area is 115 Å². The van der Waals surface area contributed by atoms with Gasteiger partial charge in [-0.1, -0.05) is 6.07 Å². The lowest BCUT2D eigenvalue weighted by Crippen LogP contribution is -2.30. The smallest absolute Gasteiger partial charge is 0.419 e. The fourth-order valence-electron chi connectivity index (χ4n) is 1.99. The van der Waals surface area contributed by atoms with Crippen LogP contribution < -0.4 is 4.74 Å². The van der Waals surface area contributed by atoms with E-state index in [0.29, 0.717) is 26.2 Å². The minimum absolute atomic E-state index is 0.108. The summed E-state index contributed by atoms with van der Waals surface area (Å²) in [6, 6.07) is 3.87. The first kappa shape index (κ1) is 15.1. The molecule has 0 aromatic heterocycles. The van der Waals surface area contributed by atoms with E-state index in [2.05, 4.69) is 0 Å². The molecule has 3 nitrogen and oxygen atoms in total. The quantitative estimate of drug-likeness (QED) is 0.852. The van der Waals surface area contributed by atoms with Crippen molar-refractivity contribution in [1.82, 2.24) is 0 Å². The van der Waals surface area contributed by atoms with Crippen molar-refractivity contribution in [2.24, 2.45) is 0 Å². The number of ether oxygens (including phenoxy) is 3. The first-order chi connectivity index (χ1) is 9.47. The number of halogens is 3. The first-order valence-corrected chi connectivity index (χ1v) is 6.47. The van der Waals surface area contributed by atoms with E-state index in [1.807, 2.05) is 0 Å². The summed E-state index contributed by atoms with van der Waals surface area (Å²) in [5, 5.41) is 0. The minimum atomic E-state index is -4.41. The standard InChI is InChI=1S/C14H17F3O3/c1-10-2-3-12(14(15,16)17)13(8-10)20-5-4-11-9-18-6-7-19-11/h2-3,8,11H,4-7,9H2,1H3. The number of alkyl halides is 3. The Hall–Kier alpha value is -1.27. The Kier molecular flexibility index (Phi) is 4.88. The van der Waals surface area contributed by atoms with Crippen LogP contribution in [0.2, 0.25) is 0 Å². The molecule has 1 heterocycles. The fraction of sp³-hybridized carbons (Fsp3) is 0.571. The van der Waals surface area contributed by atoms with Gasteiger partial charge in [0, 0.05) is 6.42 Å². The van der Waals surface area contributed by atoms with Crippen molar-refractivity contribution < 1.29 is 27.4 Å². The van der Waals surface area contributed by atoms with E-state index < -0.39 is 11.7 Å². The van der Waals surface area contributed by atoms with Crippen LogP contribution >= 0.6 is 0 Å². The molecule has 0 aliphatic carbocycles. The van der Waals surface area contributed by atoms with Gasteiger partial charge in [-0.15, -0.1) is 0 Å². The van der Waals surface area contributed by atoms with Crippen molar-refractivity contribution >= 4 is 0 Å². The maximum absolute atomic E-state index is 12.8. The number of rotatable bonds is 4. The molecule has 1 aliphatic rings. The molecule has 6 heteroatoms. The van der Waals surface area contributed by atoms with Gasteiger partial charge in [0.25, 0.3) is 0 Å². The van der Waals surface area contributed by atoms with Gasteiger partial charge in [-0.25, -0.2) is 0 Å². The highest BCUT2D eigenvalue weighted by Gasteiger charge is 2.34. The van der Waals surface area contributed by atoms with Crippen LogP contribution in [0.4, 0.5) is 13.2 Å². The molecule has 0 N–H and O–H groups in total. The fourth-order valence-corrected chi connectivity index (χ4v) is 1.99. The maximum atomic E-state index is 12.8. The molecule has 1 unspecified atom stereocenters. The molecule has 1 fully saturated rings. The molecule has 0 radical (unpaired) electrons. The SMILES string of the molecule is Cc1ccc(C(F)(F)F)c(OCCC2COCCO2)c1. The zero-order chi connectivity index (χ0) is 14.6. The van der Waals surface area contributed by atoms with Gasteiger partial charge in [0.1, 0.15) is 5.75 Å². The van der Waals surface area contributed by atoms with Crippen LogP contribution in [0.15, 0.2) is 18.2 Å². The van der Waals surface area contributed by atoms with Gasteiger partial charge >= 0.3 is 6.18 Å². The minimum Gasteiger partial charge on any atom is -0.493 e. The predicted octanol–water partition coefficient (Wildman–Crippen LogP) is 3.20. The summed E-state index contributed by atoms with van der Waals surface area (Å²) >= 11 is 0. The van der Waals surface area contributed by atoms with Crippen LogP contribution in [-0.2, 0) is 15.7 Å². The third kappa shape index (κ3) is 4.11. The summed E-state index contributed by atoms with van der Waals surface area (Å²) in [6.07, 6.45) is -4.01. The van der Waals surface area contributed by atoms with E-state index in [9.17, 15) is 13.2 Å². The molecule has 2 rings (SSSR count). The van der Waals surface area contributed by atoms with Crippen molar-refractivity contribution in [3.8, 4) is 5.75 Å². The zero-order valence-corrected chi connectivity index (χ0v) is 11.2. The number of hydrogen-bond acceptors (Lipinski definition) is 3. The van der Waals surface area contributed by atoms with Crippen molar-refractivity contribution in [2.45, 2.75) is 25.6 Å². The zero-order valence-electron chi connectivity index (χ0n) is 11.2. The Balaban J connectivity index is 1.95. The average Bonchev–Trinajstić information content (AvgIpc) is 2.38. The summed E-state index contributed by atoms with van der Waals surface area (Å²) in [5.74, 6) is -0.130. The third-order valence-corrected chi connectivity index (χ3v) is 3.02. The van der Waals surface area contributed by atoms with Crippen LogP contribution in [0, 0.1) is 6.92 Å². The van der Waals surface area contributed by atoms with E-state index in [0.717, 1.165) is 11.6 Å². The highest BCUT2D eigenvalue weighted by molar-refractivity contribution is 5.39. The highest BCUT2D eigenvalue weighted by atomic mass is 19.4. The summed E-state index contributed by atoms with van der Waals surface area (Å²) in [7, 11) is 0. The predicted molar refractivity (Wildman–Crippen MR) is 66.9 cm³/mol. The molecular weight excluding hydrogens is 273 g/mol. The third-order valence-electron chi connectivity index (χ3n) is 3.02. The van der Waals surface area contributed by atoms with Crippen LogP contribution in [0.25, 0.3) is 0 Å². The molecule has 0 bridgehead atoms. The Morgan fingerprint density at radius 3 is 2.75 bits per heavy atom. The molecule has 112 valence electrons. The Bertz CT molecular complexity index is 440. The van der Waals surface area contributed by atoms with E-state index >= 15 is 0 Å². The van der Waals surface area contributed by atoms with Crippen LogP contribution in [0.5, 0.6) is 5.75 Å². The molecule has 1 aliphatic heterocycles. The van der Waals surface area contributed by atoms with Crippen molar-refractivity contribution in [3.63, 3.8) is 0 Å². The van der Waals surface area contributed by atoms with E-state index in [4.69, 9.17) is 14.2 Å². The van der Waals surface area contributed by atoms with Crippen molar-refractivity contribution in [2.75, 3.05) is 26.4 Å². The summed E-state index contributed by atoms with van der Waals surface area (Å²) in [6.45, 7) is 3.44. The van der Waals surface area contributed by atoms with Crippen molar-refractivity contribution in [3.05, 3.63) is 29.3 Å². The molecule has 0 saturated carbocycles. The molecule has 0 amide bonds. The second-order valence-electron chi connectivity index (χ2n) is 4.70. The average molecular weight is 290 g/mol. The molecular formula is C14H17F3O3. The lowest BCUT2D eigenvalue weighted by molar-refractivity contribution is -0.139. The topological polar surface area (TPSA) is 27.7 Å². The molecule has 1 aromatic carbocycles. The second kappa shape index (κ2) is 6.45. The molecule has 1 aromatic rings. The van der Waals surface area contributed by atoms with Crippen LogP contribution in [-0.4, -0.2) is 32.5 Å². The molecule has 1 atom stereocenters. The monoisotopic (exact) mass is 290 g/mol. The largest absolute Gasteiger partial charge is 0.493 e. The summed E-state index contributed by atoms with van der Waals surface area (Å²) in [4.78, 5) is 0. The van der Waals surface area contributed by atoms with E-state index in [1.54, 1.807) is 6.92 Å². The Morgan fingerprint density at radius 2 is 2.10 bits per heavy atom. The van der Waals surface area contributed by atoms with Gasteiger partial charge in [0.2, 0.25) is 0 Å². The van der Waals surface area contributed by atoms with Gasteiger partial charge in [-0.05, 0) is 24.6 Å². The molecule has 0 spiro atoms. The first-order valence-electron chi connectivity index (χ1n) is 6.47. The summed E-state index contributed by atoms with van der Waals surface area (Å²) in [5.41, 5.74) is -0.0193. The number of aryl methyl sites for hydroxylation is 1. The number of hydrogen-bond donors (Lipinski definition) is 0. The Morgan fingerprint density at radius 1 is 1.30 bits per heavy atom. The van der Waals surface area contributed by atoms with E-state index in [-0.39, 0.29) is 18.5 Å². The molecule has 1 saturated heterocycles. The highest BCUT2D eigenvalue weighted by Crippen LogP contribution is 2.36. The maximum Gasteiger partial charge on any atom is 0.419 e. The lowest BCUT2D eigenvalue weighted by atomic mass is 10.1. The summed E-state index contributed by atoms with van der Waals surface area (Å²) < 4.78 is 54.4. The van der Waals surface area contributed by atoms with Gasteiger partial charge in [0.05, 0.1) is 38.1 Å². The normalized spacial score (nSPS) is 19.9. The van der Waals surface area contributed by atoms with E-state index in [1.165, 1.54) is 12.1 Å². The van der Waals surface area contributed by atoms with Crippen molar-refractivity contribution in [1.29, 1.82) is 0 Å². The second-order valence-corrected chi connectivity index (χ2v) is 4.70. The van der Waals surface area contributed by atoms with Gasteiger partial charge in [0.15, 0.2) is 0 Å². The van der Waals surface area contributed by atoms with Gasteiger partial charge < -0.3 is 14.2 Å².